The first-order valence-electron chi connectivity index (χ1n) is 7.91. The summed E-state index contributed by atoms with van der Waals surface area (Å²) in [5.41, 5.74) is 0.448. The molecule has 0 unspecified atom stereocenters. The minimum absolute atomic E-state index is 0.240. The molecule has 1 atom stereocenters. The van der Waals surface area contributed by atoms with Crippen molar-refractivity contribution in [1.29, 1.82) is 0 Å². The summed E-state index contributed by atoms with van der Waals surface area (Å²) in [4.78, 5) is 24.1. The molecule has 1 fully saturated rings. The van der Waals surface area contributed by atoms with Gasteiger partial charge in [-0.2, -0.15) is 0 Å². The molecule has 2 aromatic rings. The number of benzene rings is 1. The van der Waals surface area contributed by atoms with Crippen LogP contribution in [-0.2, 0) is 4.79 Å². The maximum Gasteiger partial charge on any atom is 0.325 e. The molecule has 3 rings (SSSR count). The second-order valence-corrected chi connectivity index (χ2v) is 5.71. The molecule has 2 heterocycles. The lowest BCUT2D eigenvalue weighted by Crippen LogP contribution is -2.49. The van der Waals surface area contributed by atoms with Gasteiger partial charge in [-0.25, -0.2) is 9.37 Å². The van der Waals surface area contributed by atoms with Gasteiger partial charge >= 0.3 is 5.97 Å². The number of aliphatic carboxylic acids is 1. The van der Waals surface area contributed by atoms with Crippen molar-refractivity contribution in [2.24, 2.45) is 0 Å². The zero-order chi connectivity index (χ0) is 17.8. The van der Waals surface area contributed by atoms with Gasteiger partial charge in [0.05, 0.1) is 13.3 Å². The largest absolute Gasteiger partial charge is 0.496 e. The number of hydrogen-bond acceptors (Lipinski definition) is 6. The van der Waals surface area contributed by atoms with E-state index in [-0.39, 0.29) is 5.75 Å². The lowest BCUT2D eigenvalue weighted by Gasteiger charge is -2.38. The Kier molecular flexibility index (Phi) is 5.08. The van der Waals surface area contributed by atoms with Crippen LogP contribution in [0.3, 0.4) is 0 Å². The maximum atomic E-state index is 13.4. The summed E-state index contributed by atoms with van der Waals surface area (Å²) in [6, 6.07) is 3.05. The molecular formula is C17H19FN4O3. The van der Waals surface area contributed by atoms with Crippen LogP contribution < -0.4 is 9.64 Å². The van der Waals surface area contributed by atoms with Gasteiger partial charge in [-0.15, -0.1) is 0 Å². The van der Waals surface area contributed by atoms with Gasteiger partial charge in [-0.3, -0.25) is 14.7 Å². The summed E-state index contributed by atoms with van der Waals surface area (Å²) in [5.74, 6) is -0.438. The SMILES string of the molecule is COc1cc(F)ccc1[C@@H](C(=O)O)N1CCN(c2cnccn2)CC1. The van der Waals surface area contributed by atoms with Crippen LogP contribution in [0.5, 0.6) is 5.75 Å². The van der Waals surface area contributed by atoms with Gasteiger partial charge < -0.3 is 14.7 Å². The Morgan fingerprint density at radius 3 is 2.64 bits per heavy atom. The first kappa shape index (κ1) is 17.1. The number of anilines is 1. The predicted molar refractivity (Wildman–Crippen MR) is 89.1 cm³/mol. The van der Waals surface area contributed by atoms with E-state index in [1.54, 1.807) is 18.6 Å². The van der Waals surface area contributed by atoms with Crippen LogP contribution in [-0.4, -0.2) is 59.2 Å². The summed E-state index contributed by atoms with van der Waals surface area (Å²) < 4.78 is 18.6. The van der Waals surface area contributed by atoms with E-state index in [1.165, 1.54) is 25.3 Å². The molecule has 1 aliphatic rings. The van der Waals surface area contributed by atoms with Crippen molar-refractivity contribution in [2.75, 3.05) is 38.2 Å². The number of hydrogen-bond donors (Lipinski definition) is 1. The molecule has 7 nitrogen and oxygen atoms in total. The fourth-order valence-corrected chi connectivity index (χ4v) is 3.06. The fraction of sp³-hybridized carbons (Fsp3) is 0.353. The van der Waals surface area contributed by atoms with E-state index in [1.807, 2.05) is 4.90 Å². The molecule has 0 radical (unpaired) electrons. The number of carboxylic acid groups (broad SMARTS) is 1. The number of carboxylic acids is 1. The highest BCUT2D eigenvalue weighted by Crippen LogP contribution is 2.31. The predicted octanol–water partition coefficient (Wildman–Crippen LogP) is 1.57. The topological polar surface area (TPSA) is 78.8 Å². The minimum atomic E-state index is -0.988. The summed E-state index contributed by atoms with van der Waals surface area (Å²) in [7, 11) is 1.41. The zero-order valence-corrected chi connectivity index (χ0v) is 13.8. The van der Waals surface area contributed by atoms with Crippen LogP contribution in [0.25, 0.3) is 0 Å². The summed E-state index contributed by atoms with van der Waals surface area (Å²) >= 11 is 0. The van der Waals surface area contributed by atoms with Crippen molar-refractivity contribution < 1.29 is 19.0 Å². The van der Waals surface area contributed by atoms with Crippen LogP contribution in [0.15, 0.2) is 36.8 Å². The molecule has 0 saturated carbocycles. The minimum Gasteiger partial charge on any atom is -0.496 e. The van der Waals surface area contributed by atoms with Gasteiger partial charge in [0, 0.05) is 50.2 Å². The molecule has 0 spiro atoms. The Morgan fingerprint density at radius 2 is 2.04 bits per heavy atom. The van der Waals surface area contributed by atoms with Gasteiger partial charge in [0.25, 0.3) is 0 Å². The Morgan fingerprint density at radius 1 is 1.28 bits per heavy atom. The van der Waals surface area contributed by atoms with Crippen molar-refractivity contribution in [3.05, 3.63) is 48.2 Å². The average molecular weight is 346 g/mol. The van der Waals surface area contributed by atoms with Crippen LogP contribution in [0.1, 0.15) is 11.6 Å². The zero-order valence-electron chi connectivity index (χ0n) is 13.8. The molecule has 25 heavy (non-hydrogen) atoms. The van der Waals surface area contributed by atoms with Crippen molar-refractivity contribution >= 4 is 11.8 Å². The normalized spacial score (nSPS) is 16.5. The molecule has 1 aromatic carbocycles. The molecular weight excluding hydrogens is 327 g/mol. The third kappa shape index (κ3) is 3.69. The van der Waals surface area contributed by atoms with Crippen molar-refractivity contribution in [2.45, 2.75) is 6.04 Å². The highest BCUT2D eigenvalue weighted by molar-refractivity contribution is 5.76. The van der Waals surface area contributed by atoms with Crippen LogP contribution >= 0.6 is 0 Å². The second kappa shape index (κ2) is 7.43. The molecule has 1 saturated heterocycles. The number of rotatable bonds is 5. The van der Waals surface area contributed by atoms with E-state index in [0.29, 0.717) is 31.7 Å². The first-order valence-corrected chi connectivity index (χ1v) is 7.91. The molecule has 8 heteroatoms. The monoisotopic (exact) mass is 346 g/mol. The Labute approximate surface area is 144 Å². The lowest BCUT2D eigenvalue weighted by atomic mass is 10.0. The Bertz CT molecular complexity index is 736. The van der Waals surface area contributed by atoms with E-state index < -0.39 is 17.8 Å². The summed E-state index contributed by atoms with van der Waals surface area (Å²) in [6.07, 6.45) is 4.93. The first-order chi connectivity index (χ1) is 12.1. The number of carbonyl (C=O) groups is 1. The molecule has 1 N–H and O–H groups in total. The number of nitrogens with zero attached hydrogens (tertiary/aromatic N) is 4. The van der Waals surface area contributed by atoms with E-state index in [9.17, 15) is 14.3 Å². The second-order valence-electron chi connectivity index (χ2n) is 5.71. The van der Waals surface area contributed by atoms with E-state index >= 15 is 0 Å². The number of piperazine rings is 1. The van der Waals surface area contributed by atoms with Crippen LogP contribution in [0.2, 0.25) is 0 Å². The lowest BCUT2D eigenvalue weighted by molar-refractivity contribution is -0.143. The molecule has 0 bridgehead atoms. The standard InChI is InChI=1S/C17H19FN4O3/c1-25-14-10-12(18)2-3-13(14)16(17(23)24)22-8-6-21(7-9-22)15-11-19-4-5-20-15/h2-5,10-11,16H,6-9H2,1H3,(H,23,24)/t16-/m0/s1. The number of methoxy groups -OCH3 is 1. The third-order valence-electron chi connectivity index (χ3n) is 4.28. The highest BCUT2D eigenvalue weighted by Gasteiger charge is 2.32. The van der Waals surface area contributed by atoms with Gasteiger partial charge in [0.2, 0.25) is 0 Å². The molecule has 132 valence electrons. The molecule has 0 amide bonds. The molecule has 0 aliphatic carbocycles. The van der Waals surface area contributed by atoms with Crippen LogP contribution in [0, 0.1) is 5.82 Å². The quantitative estimate of drug-likeness (QED) is 0.880. The van der Waals surface area contributed by atoms with Crippen molar-refractivity contribution in [1.82, 2.24) is 14.9 Å². The van der Waals surface area contributed by atoms with Gasteiger partial charge in [0.1, 0.15) is 23.4 Å². The van der Waals surface area contributed by atoms with Gasteiger partial charge in [0.15, 0.2) is 0 Å². The number of ether oxygens (including phenoxy) is 1. The van der Waals surface area contributed by atoms with E-state index in [4.69, 9.17) is 4.74 Å². The summed E-state index contributed by atoms with van der Waals surface area (Å²) in [6.45, 7) is 2.33. The summed E-state index contributed by atoms with van der Waals surface area (Å²) in [5, 5.41) is 9.72. The highest BCUT2D eigenvalue weighted by atomic mass is 19.1. The molecule has 1 aliphatic heterocycles. The number of halogens is 1. The fourth-order valence-electron chi connectivity index (χ4n) is 3.06. The van der Waals surface area contributed by atoms with Gasteiger partial charge in [-0.1, -0.05) is 6.07 Å². The smallest absolute Gasteiger partial charge is 0.325 e. The van der Waals surface area contributed by atoms with Gasteiger partial charge in [-0.05, 0) is 6.07 Å². The van der Waals surface area contributed by atoms with Crippen molar-refractivity contribution in [3.8, 4) is 5.75 Å². The Hall–Kier alpha value is -2.74. The van der Waals surface area contributed by atoms with Crippen LogP contribution in [0.4, 0.5) is 10.2 Å². The number of aromatic nitrogens is 2. The molecule has 1 aromatic heterocycles. The van der Waals surface area contributed by atoms with E-state index in [2.05, 4.69) is 14.9 Å². The maximum absolute atomic E-state index is 13.4. The van der Waals surface area contributed by atoms with E-state index in [0.717, 1.165) is 5.82 Å². The van der Waals surface area contributed by atoms with Crippen molar-refractivity contribution in [3.63, 3.8) is 0 Å². The third-order valence-corrected chi connectivity index (χ3v) is 4.28. The Balaban J connectivity index is 1.78. The average Bonchev–Trinajstić information content (AvgIpc) is 2.64.